The van der Waals surface area contributed by atoms with Crippen LogP contribution in [-0.4, -0.2) is 40.9 Å². The number of anilines is 1. The minimum Gasteiger partial charge on any atom is -0.492 e. The molecule has 0 bridgehead atoms. The minimum absolute atomic E-state index is 0.0591. The number of benzene rings is 1. The van der Waals surface area contributed by atoms with Gasteiger partial charge in [-0.3, -0.25) is 4.68 Å². The van der Waals surface area contributed by atoms with E-state index in [1.54, 1.807) is 18.1 Å². The Morgan fingerprint density at radius 3 is 2.79 bits per heavy atom. The monoisotopic (exact) mass is 330 g/mol. The number of ether oxygens (including phenoxy) is 1. The van der Waals surface area contributed by atoms with E-state index in [1.165, 1.54) is 0 Å². The highest BCUT2D eigenvalue weighted by atomic mass is 16.5. The van der Waals surface area contributed by atoms with Gasteiger partial charge in [0.25, 0.3) is 0 Å². The molecule has 0 saturated heterocycles. The van der Waals surface area contributed by atoms with Crippen LogP contribution in [0.4, 0.5) is 10.5 Å². The van der Waals surface area contributed by atoms with Gasteiger partial charge in [0.05, 0.1) is 6.54 Å². The second kappa shape index (κ2) is 7.86. The van der Waals surface area contributed by atoms with Gasteiger partial charge in [0.1, 0.15) is 12.4 Å². The maximum absolute atomic E-state index is 12.2. The van der Waals surface area contributed by atoms with E-state index in [4.69, 9.17) is 4.74 Å². The minimum atomic E-state index is -0.126. The van der Waals surface area contributed by atoms with Gasteiger partial charge in [0.15, 0.2) is 0 Å². The average molecular weight is 330 g/mol. The second-order valence-corrected chi connectivity index (χ2v) is 6.99. The molecule has 0 atom stereocenters. The summed E-state index contributed by atoms with van der Waals surface area (Å²) >= 11 is 0. The predicted molar refractivity (Wildman–Crippen MR) is 95.3 cm³/mol. The largest absolute Gasteiger partial charge is 0.492 e. The molecular weight excluding hydrogens is 304 g/mol. The first kappa shape index (κ1) is 17.8. The summed E-state index contributed by atoms with van der Waals surface area (Å²) in [4.78, 5) is 13.9. The van der Waals surface area contributed by atoms with Crippen molar-refractivity contribution in [2.75, 3.05) is 25.5 Å². The Morgan fingerprint density at radius 1 is 1.33 bits per heavy atom. The van der Waals surface area contributed by atoms with Gasteiger partial charge < -0.3 is 15.0 Å². The highest BCUT2D eigenvalue weighted by molar-refractivity contribution is 5.89. The van der Waals surface area contributed by atoms with Crippen molar-refractivity contribution in [3.05, 3.63) is 42.7 Å². The van der Waals surface area contributed by atoms with Gasteiger partial charge in [-0.2, -0.15) is 5.10 Å². The summed E-state index contributed by atoms with van der Waals surface area (Å²) < 4.78 is 7.53. The Labute approximate surface area is 143 Å². The van der Waals surface area contributed by atoms with Gasteiger partial charge in [-0.05, 0) is 23.6 Å². The Morgan fingerprint density at radius 2 is 2.12 bits per heavy atom. The summed E-state index contributed by atoms with van der Waals surface area (Å²) in [5, 5.41) is 7.03. The number of nitrogens with zero attached hydrogens (tertiary/aromatic N) is 3. The third-order valence-corrected chi connectivity index (χ3v) is 3.29. The molecule has 0 aliphatic carbocycles. The molecule has 0 aliphatic rings. The summed E-state index contributed by atoms with van der Waals surface area (Å²) in [6, 6.07) is 9.16. The first-order valence-electron chi connectivity index (χ1n) is 8.06. The van der Waals surface area contributed by atoms with Crippen molar-refractivity contribution in [3.8, 4) is 5.75 Å². The Hall–Kier alpha value is -2.50. The molecule has 2 aromatic rings. The molecule has 130 valence electrons. The molecule has 0 saturated carbocycles. The van der Waals surface area contributed by atoms with Crippen LogP contribution in [0.2, 0.25) is 0 Å². The molecule has 1 aromatic carbocycles. The lowest BCUT2D eigenvalue weighted by molar-refractivity contribution is 0.201. The van der Waals surface area contributed by atoms with Crippen molar-refractivity contribution in [1.82, 2.24) is 14.7 Å². The molecule has 1 N–H and O–H groups in total. The van der Waals surface area contributed by atoms with Gasteiger partial charge in [0, 0.05) is 37.7 Å². The lowest BCUT2D eigenvalue weighted by Crippen LogP contribution is -2.37. The molecule has 0 spiro atoms. The van der Waals surface area contributed by atoms with E-state index in [9.17, 15) is 4.79 Å². The van der Waals surface area contributed by atoms with Gasteiger partial charge in [0.2, 0.25) is 0 Å². The Kier molecular flexibility index (Phi) is 5.84. The van der Waals surface area contributed by atoms with Gasteiger partial charge in [-0.25, -0.2) is 4.79 Å². The van der Waals surface area contributed by atoms with Crippen LogP contribution < -0.4 is 10.1 Å². The van der Waals surface area contributed by atoms with Crippen LogP contribution in [0.3, 0.4) is 0 Å². The highest BCUT2D eigenvalue weighted by Gasteiger charge is 2.17. The van der Waals surface area contributed by atoms with E-state index in [0.717, 1.165) is 11.4 Å². The van der Waals surface area contributed by atoms with E-state index < -0.39 is 0 Å². The van der Waals surface area contributed by atoms with Crippen LogP contribution in [0, 0.1) is 5.41 Å². The van der Waals surface area contributed by atoms with Gasteiger partial charge >= 0.3 is 6.03 Å². The zero-order valence-corrected chi connectivity index (χ0v) is 14.8. The zero-order chi connectivity index (χ0) is 17.6. The quantitative estimate of drug-likeness (QED) is 0.882. The number of nitrogens with one attached hydrogen (secondary N) is 1. The molecule has 2 rings (SSSR count). The fraction of sp³-hybridized carbons (Fsp3) is 0.444. The van der Waals surface area contributed by atoms with Crippen LogP contribution in [0.15, 0.2) is 42.7 Å². The van der Waals surface area contributed by atoms with Gasteiger partial charge in [-0.1, -0.05) is 26.8 Å². The number of carbonyl (C=O) groups is 1. The molecule has 1 aromatic heterocycles. The lowest BCUT2D eigenvalue weighted by Gasteiger charge is -2.26. The number of hydrogen-bond acceptors (Lipinski definition) is 3. The van der Waals surface area contributed by atoms with E-state index in [2.05, 4.69) is 31.2 Å². The summed E-state index contributed by atoms with van der Waals surface area (Å²) in [6.07, 6.45) is 3.63. The van der Waals surface area contributed by atoms with Crippen LogP contribution >= 0.6 is 0 Å². The summed E-state index contributed by atoms with van der Waals surface area (Å²) in [6.45, 7) is 8.18. The van der Waals surface area contributed by atoms with Crippen LogP contribution in [0.25, 0.3) is 0 Å². The van der Waals surface area contributed by atoms with Crippen LogP contribution in [0.5, 0.6) is 5.75 Å². The van der Waals surface area contributed by atoms with Crippen molar-refractivity contribution in [2.24, 2.45) is 5.41 Å². The number of carbonyl (C=O) groups excluding carboxylic acids is 1. The first-order chi connectivity index (χ1) is 11.3. The zero-order valence-electron chi connectivity index (χ0n) is 14.8. The molecule has 1 heterocycles. The average Bonchev–Trinajstić information content (AvgIpc) is 2.99. The van der Waals surface area contributed by atoms with Crippen molar-refractivity contribution in [3.63, 3.8) is 0 Å². The third kappa shape index (κ3) is 5.95. The van der Waals surface area contributed by atoms with E-state index in [1.807, 2.05) is 41.2 Å². The van der Waals surface area contributed by atoms with E-state index >= 15 is 0 Å². The molecule has 0 radical (unpaired) electrons. The summed E-state index contributed by atoms with van der Waals surface area (Å²) in [5.74, 6) is 0.721. The number of urea groups is 1. The molecule has 2 amide bonds. The Balaban J connectivity index is 1.86. The van der Waals surface area contributed by atoms with Crippen molar-refractivity contribution < 1.29 is 9.53 Å². The Bertz CT molecular complexity index is 647. The number of rotatable bonds is 6. The van der Waals surface area contributed by atoms with Crippen LogP contribution in [0.1, 0.15) is 20.8 Å². The van der Waals surface area contributed by atoms with Crippen LogP contribution in [-0.2, 0) is 6.54 Å². The number of hydrogen-bond donors (Lipinski definition) is 1. The second-order valence-electron chi connectivity index (χ2n) is 6.99. The molecule has 6 nitrogen and oxygen atoms in total. The molecule has 0 unspecified atom stereocenters. The smallest absolute Gasteiger partial charge is 0.321 e. The van der Waals surface area contributed by atoms with Crippen molar-refractivity contribution in [2.45, 2.75) is 27.3 Å². The van der Waals surface area contributed by atoms with Crippen molar-refractivity contribution in [1.29, 1.82) is 0 Å². The molecule has 24 heavy (non-hydrogen) atoms. The number of amides is 2. The first-order valence-corrected chi connectivity index (χ1v) is 8.06. The van der Waals surface area contributed by atoms with E-state index in [-0.39, 0.29) is 11.4 Å². The standard InChI is InChI=1S/C18H26N4O2/c1-18(2,3)14-21(4)17(23)20-15-7-5-8-16(13-15)24-12-11-22-10-6-9-19-22/h5-10,13H,11-12,14H2,1-4H3,(H,20,23). The maximum atomic E-state index is 12.2. The van der Waals surface area contributed by atoms with Gasteiger partial charge in [-0.15, -0.1) is 0 Å². The molecular formula is C18H26N4O2. The highest BCUT2D eigenvalue weighted by Crippen LogP contribution is 2.19. The topological polar surface area (TPSA) is 59.4 Å². The summed E-state index contributed by atoms with van der Waals surface area (Å²) in [5.41, 5.74) is 0.779. The number of aromatic nitrogens is 2. The molecule has 0 aliphatic heterocycles. The SMILES string of the molecule is CN(CC(C)(C)C)C(=O)Nc1cccc(OCCn2cccn2)c1. The fourth-order valence-corrected chi connectivity index (χ4v) is 2.36. The lowest BCUT2D eigenvalue weighted by atomic mass is 9.96. The fourth-order valence-electron chi connectivity index (χ4n) is 2.36. The van der Waals surface area contributed by atoms with E-state index in [0.29, 0.717) is 19.7 Å². The summed E-state index contributed by atoms with van der Waals surface area (Å²) in [7, 11) is 1.80. The van der Waals surface area contributed by atoms with Crippen molar-refractivity contribution >= 4 is 11.7 Å². The normalized spacial score (nSPS) is 11.2. The predicted octanol–water partition coefficient (Wildman–Crippen LogP) is 3.47. The third-order valence-electron chi connectivity index (χ3n) is 3.29. The maximum Gasteiger partial charge on any atom is 0.321 e. The molecule has 6 heteroatoms. The molecule has 0 fully saturated rings.